The monoisotopic (exact) mass is 324 g/mol. The predicted octanol–water partition coefficient (Wildman–Crippen LogP) is 5.93. The Morgan fingerprint density at radius 3 is 1.22 bits per heavy atom. The van der Waals surface area contributed by atoms with Gasteiger partial charge in [-0.05, 0) is 12.8 Å². The molecule has 1 rings (SSSR count). The van der Waals surface area contributed by atoms with E-state index in [4.69, 9.17) is 0 Å². The smallest absolute Gasteiger partial charge is 0.0773 e. The van der Waals surface area contributed by atoms with Crippen molar-refractivity contribution in [2.75, 3.05) is 19.6 Å². The molecule has 0 radical (unpaired) electrons. The summed E-state index contributed by atoms with van der Waals surface area (Å²) < 4.78 is 0. The van der Waals surface area contributed by atoms with Crippen molar-refractivity contribution in [2.45, 2.75) is 122 Å². The van der Waals surface area contributed by atoms with Crippen LogP contribution in [0.4, 0.5) is 0 Å². The second kappa shape index (κ2) is 16.8. The highest BCUT2D eigenvalue weighted by molar-refractivity contribution is 4.50. The van der Waals surface area contributed by atoms with Gasteiger partial charge in [0.25, 0.3) is 0 Å². The molecule has 1 fully saturated rings. The number of likely N-dealkylation sites (tertiary alicyclic amines) is 1. The molecule has 0 aromatic heterocycles. The molecule has 0 aliphatic carbocycles. The maximum atomic E-state index is 2.30. The Balaban J connectivity index is 1.64. The first-order valence-corrected chi connectivity index (χ1v) is 11.3. The van der Waals surface area contributed by atoms with Crippen LogP contribution in [-0.4, -0.2) is 19.6 Å². The van der Waals surface area contributed by atoms with Gasteiger partial charge in [0.2, 0.25) is 0 Å². The van der Waals surface area contributed by atoms with Gasteiger partial charge in [-0.25, -0.2) is 0 Å². The van der Waals surface area contributed by atoms with E-state index in [1.807, 2.05) is 4.90 Å². The molecule has 23 heavy (non-hydrogen) atoms. The van der Waals surface area contributed by atoms with Crippen molar-refractivity contribution < 1.29 is 4.90 Å². The summed E-state index contributed by atoms with van der Waals surface area (Å²) in [4.78, 5) is 1.88. The lowest BCUT2D eigenvalue weighted by atomic mass is 10.0. The largest absolute Gasteiger partial charge is 0.335 e. The molecule has 1 saturated heterocycles. The van der Waals surface area contributed by atoms with E-state index in [2.05, 4.69) is 6.92 Å². The van der Waals surface area contributed by atoms with Crippen molar-refractivity contribution in [1.82, 2.24) is 0 Å². The second-order valence-electron chi connectivity index (χ2n) is 8.01. The summed E-state index contributed by atoms with van der Waals surface area (Å²) in [5.74, 6) is 0. The number of rotatable bonds is 17. The van der Waals surface area contributed by atoms with Crippen LogP contribution in [0.5, 0.6) is 0 Å². The average molecular weight is 325 g/mol. The van der Waals surface area contributed by atoms with Crippen molar-refractivity contribution in [2.24, 2.45) is 0 Å². The number of quaternary nitrogens is 1. The highest BCUT2D eigenvalue weighted by Crippen LogP contribution is 2.13. The zero-order chi connectivity index (χ0) is 16.4. The van der Waals surface area contributed by atoms with Crippen LogP contribution >= 0.6 is 0 Å². The maximum absolute atomic E-state index is 2.30. The molecule has 1 nitrogen and oxygen atoms in total. The molecule has 1 N–H and O–H groups in total. The molecular formula is C22H46N+. The maximum Gasteiger partial charge on any atom is 0.0773 e. The minimum atomic E-state index is 1.37. The van der Waals surface area contributed by atoms with Gasteiger partial charge in [0, 0.05) is 12.8 Å². The Hall–Kier alpha value is -0.0400. The quantitative estimate of drug-likeness (QED) is 0.316. The van der Waals surface area contributed by atoms with Gasteiger partial charge in [-0.1, -0.05) is 96.8 Å². The molecule has 1 heterocycles. The first-order valence-electron chi connectivity index (χ1n) is 11.3. The van der Waals surface area contributed by atoms with Gasteiger partial charge in [-0.15, -0.1) is 0 Å². The molecule has 0 atom stereocenters. The van der Waals surface area contributed by atoms with Gasteiger partial charge < -0.3 is 4.90 Å². The fourth-order valence-corrected chi connectivity index (χ4v) is 4.05. The Morgan fingerprint density at radius 2 is 0.826 bits per heavy atom. The molecule has 0 unspecified atom stereocenters. The molecule has 0 aromatic carbocycles. The Kier molecular flexibility index (Phi) is 15.3. The summed E-state index contributed by atoms with van der Waals surface area (Å²) in [5, 5.41) is 0. The average Bonchev–Trinajstić information content (AvgIpc) is 3.08. The van der Waals surface area contributed by atoms with E-state index in [1.165, 1.54) is 135 Å². The fourth-order valence-electron chi connectivity index (χ4n) is 4.05. The number of hydrogen-bond acceptors (Lipinski definition) is 0. The van der Waals surface area contributed by atoms with E-state index >= 15 is 0 Å². The van der Waals surface area contributed by atoms with Crippen LogP contribution in [0.3, 0.4) is 0 Å². The second-order valence-corrected chi connectivity index (χ2v) is 8.01. The van der Waals surface area contributed by atoms with E-state index in [-0.39, 0.29) is 0 Å². The summed E-state index contributed by atoms with van der Waals surface area (Å²) in [6.07, 6.45) is 26.6. The lowest BCUT2D eigenvalue weighted by Crippen LogP contribution is -3.09. The SMILES string of the molecule is CCCCCCCCCCCCCCCCCC[NH+]1CCCC1. The molecule has 1 aliphatic rings. The normalized spacial score (nSPS) is 15.5. The highest BCUT2D eigenvalue weighted by Gasteiger charge is 2.13. The van der Waals surface area contributed by atoms with E-state index in [1.54, 1.807) is 0 Å². The Bertz CT molecular complexity index is 220. The van der Waals surface area contributed by atoms with Crippen LogP contribution in [0.25, 0.3) is 0 Å². The predicted molar refractivity (Wildman–Crippen MR) is 104 cm³/mol. The summed E-state index contributed by atoms with van der Waals surface area (Å²) in [6.45, 7) is 6.67. The van der Waals surface area contributed by atoms with Crippen LogP contribution in [0.15, 0.2) is 0 Å². The lowest BCUT2D eigenvalue weighted by Gasteiger charge is -2.11. The molecular weight excluding hydrogens is 278 g/mol. The van der Waals surface area contributed by atoms with Crippen LogP contribution < -0.4 is 4.90 Å². The molecule has 0 amide bonds. The van der Waals surface area contributed by atoms with Gasteiger partial charge >= 0.3 is 0 Å². The molecule has 138 valence electrons. The Morgan fingerprint density at radius 1 is 0.478 bits per heavy atom. The van der Waals surface area contributed by atoms with Crippen LogP contribution in [0.2, 0.25) is 0 Å². The van der Waals surface area contributed by atoms with Crippen molar-refractivity contribution >= 4 is 0 Å². The van der Waals surface area contributed by atoms with E-state index < -0.39 is 0 Å². The molecule has 1 aliphatic heterocycles. The van der Waals surface area contributed by atoms with Gasteiger partial charge in [0.05, 0.1) is 19.6 Å². The van der Waals surface area contributed by atoms with Crippen molar-refractivity contribution in [3.8, 4) is 0 Å². The standard InChI is InChI=1S/C22H45N/c1-2-3-4-5-6-7-8-9-10-11-12-13-14-15-16-17-20-23-21-18-19-22-23/h2-22H2,1H3/p+1. The van der Waals surface area contributed by atoms with Gasteiger partial charge in [-0.3, -0.25) is 0 Å². The Labute approximate surface area is 147 Å². The fraction of sp³-hybridized carbons (Fsp3) is 1.00. The zero-order valence-electron chi connectivity index (χ0n) is 16.3. The number of unbranched alkanes of at least 4 members (excludes halogenated alkanes) is 15. The molecule has 0 spiro atoms. The first-order chi connectivity index (χ1) is 11.4. The minimum Gasteiger partial charge on any atom is -0.335 e. The minimum absolute atomic E-state index is 1.37. The first kappa shape index (κ1) is 21.0. The van der Waals surface area contributed by atoms with Crippen molar-refractivity contribution in [3.63, 3.8) is 0 Å². The van der Waals surface area contributed by atoms with Gasteiger partial charge in [0.15, 0.2) is 0 Å². The number of hydrogen-bond donors (Lipinski definition) is 1. The summed E-state index contributed by atoms with van der Waals surface area (Å²) in [5.41, 5.74) is 0. The third-order valence-electron chi connectivity index (χ3n) is 5.69. The molecule has 0 aromatic rings. The van der Waals surface area contributed by atoms with E-state index in [9.17, 15) is 0 Å². The topological polar surface area (TPSA) is 4.44 Å². The summed E-state index contributed by atoms with van der Waals surface area (Å²) in [7, 11) is 0. The molecule has 0 saturated carbocycles. The van der Waals surface area contributed by atoms with Crippen molar-refractivity contribution in [1.29, 1.82) is 0 Å². The van der Waals surface area contributed by atoms with Gasteiger partial charge in [-0.2, -0.15) is 0 Å². The van der Waals surface area contributed by atoms with Crippen molar-refractivity contribution in [3.05, 3.63) is 0 Å². The third kappa shape index (κ3) is 14.0. The lowest BCUT2D eigenvalue weighted by molar-refractivity contribution is -0.887. The summed E-state index contributed by atoms with van der Waals surface area (Å²) in [6, 6.07) is 0. The molecule has 0 bridgehead atoms. The number of nitrogens with one attached hydrogen (secondary N) is 1. The highest BCUT2D eigenvalue weighted by atomic mass is 15.1. The van der Waals surface area contributed by atoms with Crippen LogP contribution in [-0.2, 0) is 0 Å². The summed E-state index contributed by atoms with van der Waals surface area (Å²) >= 11 is 0. The van der Waals surface area contributed by atoms with Crippen LogP contribution in [0, 0.1) is 0 Å². The van der Waals surface area contributed by atoms with Crippen LogP contribution in [0.1, 0.15) is 122 Å². The van der Waals surface area contributed by atoms with E-state index in [0.717, 1.165) is 0 Å². The van der Waals surface area contributed by atoms with E-state index in [0.29, 0.717) is 0 Å². The molecule has 1 heteroatoms. The third-order valence-corrected chi connectivity index (χ3v) is 5.69. The van der Waals surface area contributed by atoms with Gasteiger partial charge in [0.1, 0.15) is 0 Å². The zero-order valence-corrected chi connectivity index (χ0v) is 16.3.